The molecule has 108 valence electrons. The Labute approximate surface area is 122 Å². The molecule has 0 aromatic carbocycles. The van der Waals surface area contributed by atoms with Crippen LogP contribution in [-0.4, -0.2) is 37.8 Å². The summed E-state index contributed by atoms with van der Waals surface area (Å²) in [6.07, 6.45) is 0. The predicted molar refractivity (Wildman–Crippen MR) is 77.0 cm³/mol. The van der Waals surface area contributed by atoms with Gasteiger partial charge >= 0.3 is 0 Å². The van der Waals surface area contributed by atoms with Crippen molar-refractivity contribution in [2.75, 3.05) is 13.6 Å². The first kappa shape index (κ1) is 16.4. The number of likely N-dealkylation sites (N-methyl/N-ethyl adjacent to an activating group) is 1. The van der Waals surface area contributed by atoms with Crippen LogP contribution >= 0.6 is 22.9 Å². The fraction of sp³-hybridized carbons (Fsp3) is 0.545. The number of amides is 1. The molecule has 0 fully saturated rings. The van der Waals surface area contributed by atoms with Gasteiger partial charge in [0.05, 0.1) is 10.9 Å². The van der Waals surface area contributed by atoms with Crippen molar-refractivity contribution in [3.05, 3.63) is 16.5 Å². The number of rotatable bonds is 4. The summed E-state index contributed by atoms with van der Waals surface area (Å²) in [5.74, 6) is -0.346. The highest BCUT2D eigenvalue weighted by Crippen LogP contribution is 2.27. The molecule has 1 rings (SSSR count). The van der Waals surface area contributed by atoms with Gasteiger partial charge in [0.1, 0.15) is 4.21 Å². The summed E-state index contributed by atoms with van der Waals surface area (Å²) in [6.45, 7) is 5.27. The number of nitrogens with zero attached hydrogens (tertiary/aromatic N) is 1. The lowest BCUT2D eigenvalue weighted by Crippen LogP contribution is -2.46. The molecule has 8 heteroatoms. The zero-order valence-electron chi connectivity index (χ0n) is 11.2. The zero-order valence-corrected chi connectivity index (χ0v) is 13.6. The minimum absolute atomic E-state index is 0.128. The molecular weight excluding hydrogens is 308 g/mol. The van der Waals surface area contributed by atoms with Crippen molar-refractivity contribution in [2.45, 2.75) is 30.5 Å². The van der Waals surface area contributed by atoms with Gasteiger partial charge in [-0.05, 0) is 32.9 Å². The first-order valence-electron chi connectivity index (χ1n) is 5.55. The van der Waals surface area contributed by atoms with Crippen molar-refractivity contribution < 1.29 is 13.2 Å². The third kappa shape index (κ3) is 4.76. The van der Waals surface area contributed by atoms with E-state index in [9.17, 15) is 13.2 Å². The number of carbonyl (C=O) groups is 1. The van der Waals surface area contributed by atoms with E-state index in [4.69, 9.17) is 11.6 Å². The maximum atomic E-state index is 12.1. The lowest BCUT2D eigenvalue weighted by molar-refractivity contribution is -0.122. The lowest BCUT2D eigenvalue weighted by atomic mass is 10.1. The summed E-state index contributed by atoms with van der Waals surface area (Å²) in [7, 11) is -2.30. The molecule has 5 nitrogen and oxygen atoms in total. The van der Waals surface area contributed by atoms with Gasteiger partial charge in [0.25, 0.3) is 10.0 Å². The molecule has 1 aromatic heterocycles. The number of hydrogen-bond acceptors (Lipinski definition) is 4. The SMILES string of the molecule is CN(CC(=O)NC(C)(C)C)S(=O)(=O)c1ccc(Cl)s1. The normalized spacial score (nSPS) is 12.7. The van der Waals surface area contributed by atoms with Crippen LogP contribution in [0.15, 0.2) is 16.3 Å². The van der Waals surface area contributed by atoms with Crippen molar-refractivity contribution in [3.63, 3.8) is 0 Å². The fourth-order valence-electron chi connectivity index (χ4n) is 1.33. The topological polar surface area (TPSA) is 66.5 Å². The summed E-state index contributed by atoms with van der Waals surface area (Å²) in [5, 5.41) is 2.71. The molecule has 1 aromatic rings. The molecule has 19 heavy (non-hydrogen) atoms. The second-order valence-electron chi connectivity index (χ2n) is 5.12. The van der Waals surface area contributed by atoms with Crippen LogP contribution in [-0.2, 0) is 14.8 Å². The minimum Gasteiger partial charge on any atom is -0.350 e. The quantitative estimate of drug-likeness (QED) is 0.920. The van der Waals surface area contributed by atoms with Crippen LogP contribution < -0.4 is 5.32 Å². The molecule has 0 saturated heterocycles. The third-order valence-electron chi connectivity index (χ3n) is 2.09. The molecule has 1 amide bonds. The molecule has 0 saturated carbocycles. The number of hydrogen-bond donors (Lipinski definition) is 1. The minimum atomic E-state index is -3.66. The van der Waals surface area contributed by atoms with E-state index >= 15 is 0 Å². The third-order valence-corrected chi connectivity index (χ3v) is 5.60. The Bertz CT molecular complexity index is 561. The van der Waals surface area contributed by atoms with Gasteiger partial charge in [-0.15, -0.1) is 11.3 Å². The predicted octanol–water partition coefficient (Wildman–Crippen LogP) is 1.94. The Morgan fingerprint density at radius 3 is 2.42 bits per heavy atom. The molecule has 0 aliphatic rings. The van der Waals surface area contributed by atoms with Crippen LogP contribution in [0.5, 0.6) is 0 Å². The van der Waals surface area contributed by atoms with Gasteiger partial charge in [0, 0.05) is 12.6 Å². The highest BCUT2D eigenvalue weighted by Gasteiger charge is 2.25. The maximum Gasteiger partial charge on any atom is 0.252 e. The van der Waals surface area contributed by atoms with Gasteiger partial charge in [-0.1, -0.05) is 11.6 Å². The van der Waals surface area contributed by atoms with Crippen LogP contribution in [0, 0.1) is 0 Å². The van der Waals surface area contributed by atoms with Gasteiger partial charge in [0.15, 0.2) is 0 Å². The molecule has 1 heterocycles. The number of carbonyl (C=O) groups excluding carboxylic acids is 1. The molecule has 0 spiro atoms. The van der Waals surface area contributed by atoms with E-state index in [1.807, 2.05) is 20.8 Å². The van der Waals surface area contributed by atoms with Crippen LogP contribution in [0.1, 0.15) is 20.8 Å². The van der Waals surface area contributed by atoms with Crippen molar-refractivity contribution in [2.24, 2.45) is 0 Å². The number of nitrogens with one attached hydrogen (secondary N) is 1. The second kappa shape index (κ2) is 5.78. The van der Waals surface area contributed by atoms with Crippen LogP contribution in [0.25, 0.3) is 0 Å². The van der Waals surface area contributed by atoms with Crippen molar-refractivity contribution >= 4 is 38.9 Å². The van der Waals surface area contributed by atoms with E-state index in [0.717, 1.165) is 15.6 Å². The largest absolute Gasteiger partial charge is 0.350 e. The molecule has 0 aliphatic heterocycles. The average Bonchev–Trinajstić information content (AvgIpc) is 2.62. The number of thiophene rings is 1. The molecule has 0 atom stereocenters. The van der Waals surface area contributed by atoms with E-state index in [1.165, 1.54) is 19.2 Å². The summed E-state index contributed by atoms with van der Waals surface area (Å²) in [4.78, 5) is 11.7. The first-order chi connectivity index (χ1) is 8.52. The monoisotopic (exact) mass is 324 g/mol. The standard InChI is InChI=1S/C11H17ClN2O3S2/c1-11(2,3)13-9(15)7-14(4)19(16,17)10-6-5-8(12)18-10/h5-6H,7H2,1-4H3,(H,13,15). The molecule has 1 N–H and O–H groups in total. The van der Waals surface area contributed by atoms with Gasteiger partial charge < -0.3 is 5.32 Å². The highest BCUT2D eigenvalue weighted by atomic mass is 35.5. The Balaban J connectivity index is 2.78. The molecule has 0 unspecified atom stereocenters. The summed E-state index contributed by atoms with van der Waals surface area (Å²) < 4.78 is 25.8. The average molecular weight is 325 g/mol. The summed E-state index contributed by atoms with van der Waals surface area (Å²) >= 11 is 6.69. The molecular formula is C11H17ClN2O3S2. The summed E-state index contributed by atoms with van der Waals surface area (Å²) in [6, 6.07) is 2.95. The van der Waals surface area contributed by atoms with Crippen molar-refractivity contribution in [3.8, 4) is 0 Å². The Morgan fingerprint density at radius 2 is 2.00 bits per heavy atom. The molecule has 0 radical (unpaired) electrons. The molecule has 0 aliphatic carbocycles. The van der Waals surface area contributed by atoms with Crippen LogP contribution in [0.2, 0.25) is 4.34 Å². The van der Waals surface area contributed by atoms with E-state index < -0.39 is 15.6 Å². The smallest absolute Gasteiger partial charge is 0.252 e. The summed E-state index contributed by atoms with van der Waals surface area (Å²) in [5.41, 5.74) is -0.395. The lowest BCUT2D eigenvalue weighted by Gasteiger charge is -2.22. The van der Waals surface area contributed by atoms with Gasteiger partial charge in [-0.25, -0.2) is 8.42 Å². The number of sulfonamides is 1. The Kier molecular flexibility index (Phi) is 5.00. The number of halogens is 1. The van der Waals surface area contributed by atoms with Crippen LogP contribution in [0.3, 0.4) is 0 Å². The van der Waals surface area contributed by atoms with Crippen molar-refractivity contribution in [1.82, 2.24) is 9.62 Å². The van der Waals surface area contributed by atoms with Gasteiger partial charge in [-0.3, -0.25) is 4.79 Å². The van der Waals surface area contributed by atoms with E-state index in [2.05, 4.69) is 5.32 Å². The van der Waals surface area contributed by atoms with E-state index in [-0.39, 0.29) is 16.7 Å². The van der Waals surface area contributed by atoms with Gasteiger partial charge in [-0.2, -0.15) is 4.31 Å². The second-order valence-corrected chi connectivity index (χ2v) is 9.10. The van der Waals surface area contributed by atoms with Crippen LogP contribution in [0.4, 0.5) is 0 Å². The highest BCUT2D eigenvalue weighted by molar-refractivity contribution is 7.91. The van der Waals surface area contributed by atoms with E-state index in [0.29, 0.717) is 4.34 Å². The first-order valence-corrected chi connectivity index (χ1v) is 8.18. The van der Waals surface area contributed by atoms with Crippen molar-refractivity contribution in [1.29, 1.82) is 0 Å². The zero-order chi connectivity index (χ0) is 14.8. The maximum absolute atomic E-state index is 12.1. The van der Waals surface area contributed by atoms with Gasteiger partial charge in [0.2, 0.25) is 5.91 Å². The molecule has 0 bridgehead atoms. The Hall–Kier alpha value is -0.630. The fourth-order valence-corrected chi connectivity index (χ4v) is 4.16. The Morgan fingerprint density at radius 1 is 1.42 bits per heavy atom. The van der Waals surface area contributed by atoms with E-state index in [1.54, 1.807) is 0 Å².